The molecule has 1 aromatic heterocycles. The molecule has 0 amide bonds. The van der Waals surface area contributed by atoms with E-state index in [1.165, 1.54) is 4.57 Å². The molecule has 0 aliphatic rings. The van der Waals surface area contributed by atoms with Crippen LogP contribution in [0.5, 0.6) is 5.75 Å². The van der Waals surface area contributed by atoms with Crippen molar-refractivity contribution in [3.63, 3.8) is 0 Å². The van der Waals surface area contributed by atoms with Gasteiger partial charge in [0.25, 0.3) is 0 Å². The molecule has 19 heavy (non-hydrogen) atoms. The number of aliphatic hydroxyl groups excluding tert-OH is 1. The van der Waals surface area contributed by atoms with E-state index in [4.69, 9.17) is 9.84 Å². The molecular formula is C14H16N2O3. The van der Waals surface area contributed by atoms with Gasteiger partial charge in [-0.15, -0.1) is 0 Å². The largest absolute Gasteiger partial charge is 0.496 e. The molecule has 0 aliphatic carbocycles. The van der Waals surface area contributed by atoms with E-state index in [1.807, 2.05) is 13.0 Å². The van der Waals surface area contributed by atoms with Crippen LogP contribution in [0.2, 0.25) is 0 Å². The summed E-state index contributed by atoms with van der Waals surface area (Å²) in [6.07, 6.45) is 3.29. The number of rotatable bonds is 4. The van der Waals surface area contributed by atoms with Crippen LogP contribution in [0.1, 0.15) is 16.7 Å². The molecule has 0 fully saturated rings. The highest BCUT2D eigenvalue weighted by atomic mass is 16.5. The molecule has 2 rings (SSSR count). The highest BCUT2D eigenvalue weighted by molar-refractivity contribution is 5.37. The molecule has 1 heterocycles. The van der Waals surface area contributed by atoms with Crippen LogP contribution in [-0.4, -0.2) is 21.8 Å². The Kier molecular flexibility index (Phi) is 3.97. The van der Waals surface area contributed by atoms with Crippen LogP contribution in [0.3, 0.4) is 0 Å². The summed E-state index contributed by atoms with van der Waals surface area (Å²) in [5.74, 6) is 0.686. The molecule has 0 unspecified atom stereocenters. The molecule has 1 aromatic carbocycles. The fraction of sp³-hybridized carbons (Fsp3) is 0.286. The number of hydrogen-bond acceptors (Lipinski definition) is 4. The minimum absolute atomic E-state index is 0.0437. The first-order valence-corrected chi connectivity index (χ1v) is 5.94. The van der Waals surface area contributed by atoms with Crippen molar-refractivity contribution in [2.24, 2.45) is 0 Å². The van der Waals surface area contributed by atoms with Crippen LogP contribution in [0.25, 0.3) is 0 Å². The maximum absolute atomic E-state index is 11.7. The Morgan fingerprint density at radius 1 is 1.42 bits per heavy atom. The molecule has 5 nitrogen and oxygen atoms in total. The predicted molar refractivity (Wildman–Crippen MR) is 71.3 cm³/mol. The maximum atomic E-state index is 11.7. The lowest BCUT2D eigenvalue weighted by Gasteiger charge is -2.11. The summed E-state index contributed by atoms with van der Waals surface area (Å²) >= 11 is 0. The molecule has 100 valence electrons. The number of aromatic nitrogens is 2. The Bertz CT molecular complexity index is 635. The Hall–Kier alpha value is -2.14. The van der Waals surface area contributed by atoms with Crippen LogP contribution in [0.15, 0.2) is 35.4 Å². The summed E-state index contributed by atoms with van der Waals surface area (Å²) in [6, 6.07) is 5.41. The first-order valence-electron chi connectivity index (χ1n) is 5.94. The van der Waals surface area contributed by atoms with Crippen LogP contribution >= 0.6 is 0 Å². The van der Waals surface area contributed by atoms with Crippen LogP contribution in [0.4, 0.5) is 0 Å². The predicted octanol–water partition coefficient (Wildman–Crippen LogP) is 1.10. The zero-order valence-electron chi connectivity index (χ0n) is 11.0. The van der Waals surface area contributed by atoms with Gasteiger partial charge in [-0.05, 0) is 30.2 Å². The van der Waals surface area contributed by atoms with Gasteiger partial charge in [0.05, 0.1) is 20.3 Å². The quantitative estimate of drug-likeness (QED) is 0.894. The molecule has 0 atom stereocenters. The van der Waals surface area contributed by atoms with E-state index in [-0.39, 0.29) is 12.3 Å². The number of methoxy groups -OCH3 is 1. The van der Waals surface area contributed by atoms with E-state index >= 15 is 0 Å². The SMILES string of the molecule is COc1ccc(CO)cc1Cn1cc(C)cnc1=O. The highest BCUT2D eigenvalue weighted by Crippen LogP contribution is 2.20. The number of aryl methyl sites for hydroxylation is 1. The Labute approximate surface area is 111 Å². The van der Waals surface area contributed by atoms with E-state index in [1.54, 1.807) is 31.6 Å². The van der Waals surface area contributed by atoms with Gasteiger partial charge in [0.1, 0.15) is 5.75 Å². The summed E-state index contributed by atoms with van der Waals surface area (Å²) in [6.45, 7) is 2.20. The van der Waals surface area contributed by atoms with E-state index in [9.17, 15) is 4.79 Å². The van der Waals surface area contributed by atoms with Gasteiger partial charge in [-0.25, -0.2) is 9.78 Å². The van der Waals surface area contributed by atoms with E-state index in [0.29, 0.717) is 12.3 Å². The van der Waals surface area contributed by atoms with Crippen LogP contribution in [-0.2, 0) is 13.2 Å². The molecule has 0 spiro atoms. The molecule has 0 saturated carbocycles. The topological polar surface area (TPSA) is 64.3 Å². The van der Waals surface area contributed by atoms with Gasteiger partial charge >= 0.3 is 5.69 Å². The minimum Gasteiger partial charge on any atom is -0.496 e. The number of aliphatic hydroxyl groups is 1. The van der Waals surface area contributed by atoms with Crippen LogP contribution in [0, 0.1) is 6.92 Å². The van der Waals surface area contributed by atoms with Gasteiger partial charge in [-0.1, -0.05) is 6.07 Å². The van der Waals surface area contributed by atoms with E-state index < -0.39 is 0 Å². The van der Waals surface area contributed by atoms with Crippen molar-refractivity contribution < 1.29 is 9.84 Å². The fourth-order valence-electron chi connectivity index (χ4n) is 1.92. The monoisotopic (exact) mass is 260 g/mol. The molecule has 2 aromatic rings. The zero-order valence-corrected chi connectivity index (χ0v) is 11.0. The van der Waals surface area contributed by atoms with Crippen molar-refractivity contribution in [2.45, 2.75) is 20.1 Å². The average molecular weight is 260 g/mol. The van der Waals surface area contributed by atoms with Crippen molar-refractivity contribution in [2.75, 3.05) is 7.11 Å². The molecule has 0 aliphatic heterocycles. The Balaban J connectivity index is 2.41. The van der Waals surface area contributed by atoms with Gasteiger partial charge in [0.15, 0.2) is 0 Å². The lowest BCUT2D eigenvalue weighted by atomic mass is 10.1. The summed E-state index contributed by atoms with van der Waals surface area (Å²) in [5, 5.41) is 9.17. The molecule has 1 N–H and O–H groups in total. The number of hydrogen-bond donors (Lipinski definition) is 1. The van der Waals surface area contributed by atoms with Gasteiger partial charge in [-0.3, -0.25) is 4.57 Å². The summed E-state index contributed by atoms with van der Waals surface area (Å²) < 4.78 is 6.79. The average Bonchev–Trinajstić information content (AvgIpc) is 2.42. The highest BCUT2D eigenvalue weighted by Gasteiger charge is 2.07. The molecular weight excluding hydrogens is 244 g/mol. The van der Waals surface area contributed by atoms with E-state index in [0.717, 1.165) is 16.7 Å². The van der Waals surface area contributed by atoms with Crippen molar-refractivity contribution in [3.8, 4) is 5.75 Å². The third-order valence-electron chi connectivity index (χ3n) is 2.85. The minimum atomic E-state index is -0.304. The summed E-state index contributed by atoms with van der Waals surface area (Å²) in [4.78, 5) is 15.5. The maximum Gasteiger partial charge on any atom is 0.347 e. The second-order valence-electron chi connectivity index (χ2n) is 4.35. The normalized spacial score (nSPS) is 10.5. The zero-order chi connectivity index (χ0) is 13.8. The van der Waals surface area contributed by atoms with Gasteiger partial charge in [0.2, 0.25) is 0 Å². The lowest BCUT2D eigenvalue weighted by Crippen LogP contribution is -2.23. The standard InChI is InChI=1S/C14H16N2O3/c1-10-6-15-14(18)16(7-10)8-12-5-11(9-17)3-4-13(12)19-2/h3-7,17H,8-9H2,1-2H3. The molecule has 5 heteroatoms. The molecule has 0 radical (unpaired) electrons. The summed E-state index contributed by atoms with van der Waals surface area (Å²) in [5.41, 5.74) is 2.23. The first kappa shape index (κ1) is 13.3. The second kappa shape index (κ2) is 5.67. The Morgan fingerprint density at radius 3 is 2.89 bits per heavy atom. The van der Waals surface area contributed by atoms with Crippen LogP contribution < -0.4 is 10.4 Å². The van der Waals surface area contributed by atoms with Crippen molar-refractivity contribution >= 4 is 0 Å². The third-order valence-corrected chi connectivity index (χ3v) is 2.85. The van der Waals surface area contributed by atoms with Crippen molar-refractivity contribution in [3.05, 3.63) is 57.8 Å². The van der Waals surface area contributed by atoms with Gasteiger partial charge < -0.3 is 9.84 Å². The Morgan fingerprint density at radius 2 is 2.21 bits per heavy atom. The second-order valence-corrected chi connectivity index (χ2v) is 4.35. The van der Waals surface area contributed by atoms with Crippen molar-refractivity contribution in [1.82, 2.24) is 9.55 Å². The first-order chi connectivity index (χ1) is 9.13. The van der Waals surface area contributed by atoms with E-state index in [2.05, 4.69) is 4.98 Å². The molecule has 0 saturated heterocycles. The number of nitrogens with zero attached hydrogens (tertiary/aromatic N) is 2. The smallest absolute Gasteiger partial charge is 0.347 e. The third kappa shape index (κ3) is 3.00. The number of ether oxygens (including phenoxy) is 1. The van der Waals surface area contributed by atoms with Gasteiger partial charge in [-0.2, -0.15) is 0 Å². The fourth-order valence-corrected chi connectivity index (χ4v) is 1.92. The summed E-state index contributed by atoms with van der Waals surface area (Å²) in [7, 11) is 1.58. The number of benzene rings is 1. The lowest BCUT2D eigenvalue weighted by molar-refractivity contribution is 0.281. The van der Waals surface area contributed by atoms with Gasteiger partial charge in [0, 0.05) is 18.0 Å². The van der Waals surface area contributed by atoms with Crippen molar-refractivity contribution in [1.29, 1.82) is 0 Å². The molecule has 0 bridgehead atoms.